The Morgan fingerprint density at radius 1 is 1.18 bits per heavy atom. The summed E-state index contributed by atoms with van der Waals surface area (Å²) in [6, 6.07) is 7.41. The van der Waals surface area contributed by atoms with Gasteiger partial charge in [0.25, 0.3) is 5.91 Å². The number of hydrogen-bond acceptors (Lipinski definition) is 5. The summed E-state index contributed by atoms with van der Waals surface area (Å²) >= 11 is 0. The van der Waals surface area contributed by atoms with Crippen molar-refractivity contribution in [1.29, 1.82) is 0 Å². The van der Waals surface area contributed by atoms with Gasteiger partial charge in [-0.05, 0) is 37.4 Å². The summed E-state index contributed by atoms with van der Waals surface area (Å²) in [6.07, 6.45) is 8.37. The Kier molecular flexibility index (Phi) is 5.64. The van der Waals surface area contributed by atoms with Crippen LogP contribution >= 0.6 is 0 Å². The minimum Gasteiger partial charge on any atom is -0.508 e. The van der Waals surface area contributed by atoms with E-state index in [0.717, 1.165) is 38.4 Å². The van der Waals surface area contributed by atoms with Crippen molar-refractivity contribution in [3.05, 3.63) is 42.2 Å². The molecular formula is C21H29N5O2. The normalized spacial score (nSPS) is 23.7. The lowest BCUT2D eigenvalue weighted by Gasteiger charge is -2.44. The molecule has 1 aliphatic heterocycles. The van der Waals surface area contributed by atoms with Crippen molar-refractivity contribution in [2.75, 3.05) is 32.7 Å². The van der Waals surface area contributed by atoms with Gasteiger partial charge in [-0.3, -0.25) is 9.69 Å². The van der Waals surface area contributed by atoms with Gasteiger partial charge in [0.1, 0.15) is 5.75 Å². The van der Waals surface area contributed by atoms with E-state index in [9.17, 15) is 9.90 Å². The smallest absolute Gasteiger partial charge is 0.257 e. The van der Waals surface area contributed by atoms with Gasteiger partial charge >= 0.3 is 0 Å². The second kappa shape index (κ2) is 8.32. The van der Waals surface area contributed by atoms with Crippen molar-refractivity contribution < 1.29 is 9.90 Å². The Morgan fingerprint density at radius 2 is 1.96 bits per heavy atom. The summed E-state index contributed by atoms with van der Waals surface area (Å²) < 4.78 is 1.62. The quantitative estimate of drug-likeness (QED) is 0.841. The van der Waals surface area contributed by atoms with Gasteiger partial charge in [0, 0.05) is 44.5 Å². The molecule has 3 N–H and O–H groups in total. The van der Waals surface area contributed by atoms with Crippen molar-refractivity contribution in [3.8, 4) is 11.4 Å². The molecule has 2 aromatic rings. The SMILES string of the molecule is NC[C@@H]1CCCC[C@H]1N1CCN(C(=O)c2cnn(-c3cccc(O)c3)c2)CC1. The highest BCUT2D eigenvalue weighted by molar-refractivity contribution is 5.93. The first-order chi connectivity index (χ1) is 13.7. The van der Waals surface area contributed by atoms with E-state index >= 15 is 0 Å². The summed E-state index contributed by atoms with van der Waals surface area (Å²) in [5, 5.41) is 13.9. The highest BCUT2D eigenvalue weighted by Crippen LogP contribution is 2.28. The van der Waals surface area contributed by atoms with E-state index in [1.165, 1.54) is 25.7 Å². The van der Waals surface area contributed by atoms with Gasteiger partial charge < -0.3 is 15.7 Å². The van der Waals surface area contributed by atoms with Crippen LogP contribution in [0, 0.1) is 5.92 Å². The van der Waals surface area contributed by atoms with Crippen LogP contribution in [0.15, 0.2) is 36.7 Å². The number of amides is 1. The fourth-order valence-electron chi connectivity index (χ4n) is 4.59. The minimum atomic E-state index is 0.0186. The van der Waals surface area contributed by atoms with Crippen LogP contribution in [0.1, 0.15) is 36.0 Å². The van der Waals surface area contributed by atoms with Gasteiger partial charge in [-0.15, -0.1) is 0 Å². The van der Waals surface area contributed by atoms with E-state index in [1.807, 2.05) is 11.0 Å². The summed E-state index contributed by atoms with van der Waals surface area (Å²) in [4.78, 5) is 17.4. The summed E-state index contributed by atoms with van der Waals surface area (Å²) in [6.45, 7) is 4.06. The molecule has 0 unspecified atom stereocenters. The highest BCUT2D eigenvalue weighted by Gasteiger charge is 2.32. The van der Waals surface area contributed by atoms with Gasteiger partial charge in [0.2, 0.25) is 0 Å². The van der Waals surface area contributed by atoms with Crippen molar-refractivity contribution >= 4 is 5.91 Å². The Balaban J connectivity index is 1.38. The van der Waals surface area contributed by atoms with Crippen molar-refractivity contribution in [2.45, 2.75) is 31.7 Å². The lowest BCUT2D eigenvalue weighted by Crippen LogP contribution is -2.55. The second-order valence-electron chi connectivity index (χ2n) is 7.87. The number of carbonyl (C=O) groups is 1. The largest absolute Gasteiger partial charge is 0.508 e. The number of phenolic OH excluding ortho intramolecular Hbond substituents is 1. The van der Waals surface area contributed by atoms with Gasteiger partial charge in [0.15, 0.2) is 0 Å². The zero-order valence-corrected chi connectivity index (χ0v) is 16.2. The van der Waals surface area contributed by atoms with E-state index in [0.29, 0.717) is 17.5 Å². The molecule has 1 aromatic carbocycles. The number of aromatic hydroxyl groups is 1. The van der Waals surface area contributed by atoms with Crippen LogP contribution in [0.3, 0.4) is 0 Å². The molecule has 150 valence electrons. The lowest BCUT2D eigenvalue weighted by molar-refractivity contribution is 0.0409. The molecule has 2 atom stereocenters. The van der Waals surface area contributed by atoms with Gasteiger partial charge in [-0.1, -0.05) is 18.9 Å². The fraction of sp³-hybridized carbons (Fsp3) is 0.524. The van der Waals surface area contributed by atoms with Gasteiger partial charge in [-0.2, -0.15) is 5.10 Å². The number of benzene rings is 1. The number of rotatable bonds is 4. The van der Waals surface area contributed by atoms with Gasteiger partial charge in [0.05, 0.1) is 17.4 Å². The fourth-order valence-corrected chi connectivity index (χ4v) is 4.59. The summed E-state index contributed by atoms with van der Waals surface area (Å²) in [5.74, 6) is 0.789. The Hall–Kier alpha value is -2.38. The van der Waals surface area contributed by atoms with Crippen LogP contribution in [-0.4, -0.2) is 69.4 Å². The molecule has 7 nitrogen and oxygen atoms in total. The minimum absolute atomic E-state index is 0.0186. The molecule has 2 aliphatic rings. The molecule has 4 rings (SSSR count). The monoisotopic (exact) mass is 383 g/mol. The summed E-state index contributed by atoms with van der Waals surface area (Å²) in [7, 11) is 0. The molecule has 1 aliphatic carbocycles. The molecule has 28 heavy (non-hydrogen) atoms. The number of piperazine rings is 1. The predicted octanol–water partition coefficient (Wildman–Crippen LogP) is 1.85. The van der Waals surface area contributed by atoms with Crippen LogP contribution in [0.25, 0.3) is 5.69 Å². The topological polar surface area (TPSA) is 87.6 Å². The Labute approximate surface area is 165 Å². The maximum absolute atomic E-state index is 12.9. The number of nitrogens with zero attached hydrogens (tertiary/aromatic N) is 4. The molecule has 0 spiro atoms. The molecule has 1 amide bonds. The molecule has 1 aromatic heterocycles. The van der Waals surface area contributed by atoms with Crippen molar-refractivity contribution in [3.63, 3.8) is 0 Å². The van der Waals surface area contributed by atoms with Crippen LogP contribution in [-0.2, 0) is 0 Å². The molecule has 2 heterocycles. The zero-order valence-electron chi connectivity index (χ0n) is 16.2. The first-order valence-corrected chi connectivity index (χ1v) is 10.2. The van der Waals surface area contributed by atoms with Crippen LogP contribution in [0.2, 0.25) is 0 Å². The summed E-state index contributed by atoms with van der Waals surface area (Å²) in [5.41, 5.74) is 7.30. The Morgan fingerprint density at radius 3 is 2.71 bits per heavy atom. The second-order valence-corrected chi connectivity index (χ2v) is 7.87. The number of phenols is 1. The molecule has 1 saturated heterocycles. The number of hydrogen-bond donors (Lipinski definition) is 2. The standard InChI is InChI=1S/C21H29N5O2/c22-13-16-4-1-2-7-20(16)24-8-10-25(11-9-24)21(28)17-14-23-26(15-17)18-5-3-6-19(27)12-18/h3,5-6,12,14-16,20,27H,1-2,4,7-11,13,22H2/t16-,20+/m0/s1. The van der Waals surface area contributed by atoms with E-state index in [4.69, 9.17) is 5.73 Å². The number of nitrogens with two attached hydrogens (primary N) is 1. The average Bonchev–Trinajstić information content (AvgIpc) is 3.24. The third-order valence-corrected chi connectivity index (χ3v) is 6.17. The van der Waals surface area contributed by atoms with Crippen molar-refractivity contribution in [2.24, 2.45) is 11.7 Å². The maximum Gasteiger partial charge on any atom is 0.257 e. The number of aromatic nitrogens is 2. The highest BCUT2D eigenvalue weighted by atomic mass is 16.3. The van der Waals surface area contributed by atoms with Gasteiger partial charge in [-0.25, -0.2) is 4.68 Å². The molecule has 1 saturated carbocycles. The molecule has 0 bridgehead atoms. The molecular weight excluding hydrogens is 354 g/mol. The first kappa shape index (κ1) is 19.0. The Bertz CT molecular complexity index is 813. The maximum atomic E-state index is 12.9. The zero-order chi connectivity index (χ0) is 19.5. The molecule has 2 fully saturated rings. The number of carbonyl (C=O) groups excluding carboxylic acids is 1. The van der Waals surface area contributed by atoms with Crippen molar-refractivity contribution in [1.82, 2.24) is 19.6 Å². The van der Waals surface area contributed by atoms with E-state index in [1.54, 1.807) is 35.3 Å². The first-order valence-electron chi connectivity index (χ1n) is 10.2. The lowest BCUT2D eigenvalue weighted by atomic mass is 9.83. The molecule has 7 heteroatoms. The molecule has 0 radical (unpaired) electrons. The third-order valence-electron chi connectivity index (χ3n) is 6.17. The van der Waals surface area contributed by atoms with Crippen LogP contribution < -0.4 is 5.73 Å². The van der Waals surface area contributed by atoms with Crippen LogP contribution in [0.4, 0.5) is 0 Å². The van der Waals surface area contributed by atoms with Crippen LogP contribution in [0.5, 0.6) is 5.75 Å². The third kappa shape index (κ3) is 3.91. The van der Waals surface area contributed by atoms with E-state index in [-0.39, 0.29) is 11.7 Å². The average molecular weight is 383 g/mol. The predicted molar refractivity (Wildman–Crippen MR) is 108 cm³/mol. The van der Waals surface area contributed by atoms with E-state index < -0.39 is 0 Å². The van der Waals surface area contributed by atoms with E-state index in [2.05, 4.69) is 10.00 Å².